The third kappa shape index (κ3) is 4.69. The SMILES string of the molecule is Oc1ccc(C2C(CCC(O)c3ccc(F)cc3)SC(=S)N2c2ccccc2)c(O)c1. The lowest BCUT2D eigenvalue weighted by molar-refractivity contribution is 0.163. The van der Waals surface area contributed by atoms with Gasteiger partial charge in [-0.3, -0.25) is 0 Å². The Morgan fingerprint density at radius 1 is 1.00 bits per heavy atom. The monoisotopic (exact) mass is 455 g/mol. The molecule has 0 amide bonds. The maximum absolute atomic E-state index is 13.2. The summed E-state index contributed by atoms with van der Waals surface area (Å²) < 4.78 is 13.9. The number of halogens is 1. The standard InChI is InChI=1S/C24H22FNO3S2/c25-16-8-6-15(7-9-16)20(28)12-13-22-23(19-11-10-18(27)14-21(19)29)26(24(30)31-22)17-4-2-1-3-5-17/h1-11,14,20,22-23,27-29H,12-13H2. The molecule has 3 aromatic carbocycles. The van der Waals surface area contributed by atoms with E-state index in [1.54, 1.807) is 24.3 Å². The lowest BCUT2D eigenvalue weighted by Gasteiger charge is -2.29. The normalized spacial score (nSPS) is 19.5. The molecule has 7 heteroatoms. The van der Waals surface area contributed by atoms with Crippen molar-refractivity contribution in [2.24, 2.45) is 0 Å². The second-order valence-electron chi connectivity index (χ2n) is 7.46. The van der Waals surface area contributed by atoms with Crippen LogP contribution in [0.25, 0.3) is 0 Å². The number of aliphatic hydroxyl groups is 1. The fourth-order valence-electron chi connectivity index (χ4n) is 3.90. The molecular weight excluding hydrogens is 433 g/mol. The van der Waals surface area contributed by atoms with Gasteiger partial charge in [-0.05, 0) is 54.8 Å². The average molecular weight is 456 g/mol. The first-order valence-electron chi connectivity index (χ1n) is 9.94. The highest BCUT2D eigenvalue weighted by Gasteiger charge is 2.41. The minimum absolute atomic E-state index is 0.000291. The maximum atomic E-state index is 13.2. The van der Waals surface area contributed by atoms with Crippen LogP contribution < -0.4 is 4.90 Å². The van der Waals surface area contributed by atoms with Gasteiger partial charge >= 0.3 is 0 Å². The molecule has 0 bridgehead atoms. The Kier molecular flexibility index (Phi) is 6.46. The van der Waals surface area contributed by atoms with Gasteiger partial charge in [-0.2, -0.15) is 0 Å². The number of rotatable bonds is 6. The predicted octanol–water partition coefficient (Wildman–Crippen LogP) is 5.70. The van der Waals surface area contributed by atoms with Crippen molar-refractivity contribution in [2.45, 2.75) is 30.2 Å². The van der Waals surface area contributed by atoms with Crippen LogP contribution in [-0.2, 0) is 0 Å². The number of benzene rings is 3. The lowest BCUT2D eigenvalue weighted by atomic mass is 9.95. The summed E-state index contributed by atoms with van der Waals surface area (Å²) in [5.74, 6) is -0.349. The van der Waals surface area contributed by atoms with Crippen molar-refractivity contribution in [3.05, 3.63) is 89.7 Å². The number of thioether (sulfide) groups is 1. The number of hydrogen-bond acceptors (Lipinski definition) is 5. The summed E-state index contributed by atoms with van der Waals surface area (Å²) in [5.41, 5.74) is 2.24. The van der Waals surface area contributed by atoms with Crippen molar-refractivity contribution in [3.63, 3.8) is 0 Å². The molecule has 0 aromatic heterocycles. The highest BCUT2D eigenvalue weighted by Crippen LogP contribution is 2.49. The molecule has 1 aliphatic rings. The van der Waals surface area contributed by atoms with Gasteiger partial charge < -0.3 is 20.2 Å². The minimum Gasteiger partial charge on any atom is -0.508 e. The zero-order valence-electron chi connectivity index (χ0n) is 16.6. The Balaban J connectivity index is 1.62. The van der Waals surface area contributed by atoms with Crippen molar-refractivity contribution >= 4 is 34.0 Å². The first kappa shape index (κ1) is 21.6. The van der Waals surface area contributed by atoms with Gasteiger partial charge in [0.2, 0.25) is 0 Å². The van der Waals surface area contributed by atoms with E-state index < -0.39 is 6.10 Å². The molecule has 3 N–H and O–H groups in total. The molecule has 1 heterocycles. The zero-order valence-corrected chi connectivity index (χ0v) is 18.2. The van der Waals surface area contributed by atoms with E-state index in [4.69, 9.17) is 12.2 Å². The third-order valence-electron chi connectivity index (χ3n) is 5.43. The molecule has 1 aliphatic heterocycles. The molecule has 0 spiro atoms. The van der Waals surface area contributed by atoms with Crippen molar-refractivity contribution in [3.8, 4) is 11.5 Å². The molecule has 4 rings (SSSR count). The number of aromatic hydroxyl groups is 2. The van der Waals surface area contributed by atoms with E-state index in [1.165, 1.54) is 30.0 Å². The van der Waals surface area contributed by atoms with E-state index in [1.807, 2.05) is 35.2 Å². The van der Waals surface area contributed by atoms with Crippen molar-refractivity contribution in [1.82, 2.24) is 0 Å². The molecule has 3 unspecified atom stereocenters. The molecule has 0 aliphatic carbocycles. The van der Waals surface area contributed by atoms with E-state index in [2.05, 4.69) is 0 Å². The molecule has 1 saturated heterocycles. The van der Waals surface area contributed by atoms with Crippen LogP contribution in [0.2, 0.25) is 0 Å². The Hall–Kier alpha value is -2.61. The third-order valence-corrected chi connectivity index (χ3v) is 7.11. The summed E-state index contributed by atoms with van der Waals surface area (Å²) in [5, 5.41) is 30.9. The van der Waals surface area contributed by atoms with E-state index >= 15 is 0 Å². The second-order valence-corrected chi connectivity index (χ2v) is 9.33. The number of para-hydroxylation sites is 1. The minimum atomic E-state index is -0.727. The van der Waals surface area contributed by atoms with E-state index in [9.17, 15) is 19.7 Å². The van der Waals surface area contributed by atoms with Gasteiger partial charge in [0.1, 0.15) is 21.6 Å². The molecule has 3 atom stereocenters. The van der Waals surface area contributed by atoms with E-state index in [0.29, 0.717) is 28.3 Å². The smallest absolute Gasteiger partial charge is 0.141 e. The lowest BCUT2D eigenvalue weighted by Crippen LogP contribution is -2.29. The van der Waals surface area contributed by atoms with Crippen LogP contribution in [0.15, 0.2) is 72.8 Å². The molecule has 0 saturated carbocycles. The summed E-state index contributed by atoms with van der Waals surface area (Å²) in [6.45, 7) is 0. The highest BCUT2D eigenvalue weighted by atomic mass is 32.2. The topological polar surface area (TPSA) is 63.9 Å². The first-order valence-corrected chi connectivity index (χ1v) is 11.2. The van der Waals surface area contributed by atoms with Crippen molar-refractivity contribution in [2.75, 3.05) is 4.90 Å². The fraction of sp³-hybridized carbons (Fsp3) is 0.208. The van der Waals surface area contributed by atoms with Gasteiger partial charge in [0.15, 0.2) is 0 Å². The highest BCUT2D eigenvalue weighted by molar-refractivity contribution is 8.24. The Labute approximate surface area is 190 Å². The van der Waals surface area contributed by atoms with Crippen LogP contribution in [0.5, 0.6) is 11.5 Å². The van der Waals surface area contributed by atoms with Gasteiger partial charge in [0, 0.05) is 22.6 Å². The van der Waals surface area contributed by atoms with Crippen molar-refractivity contribution < 1.29 is 19.7 Å². The molecule has 0 radical (unpaired) electrons. The van der Waals surface area contributed by atoms with Crippen LogP contribution in [0.1, 0.15) is 36.1 Å². The molecule has 1 fully saturated rings. The van der Waals surface area contributed by atoms with Gasteiger partial charge in [-0.1, -0.05) is 54.3 Å². The number of nitrogens with zero attached hydrogens (tertiary/aromatic N) is 1. The van der Waals surface area contributed by atoms with Crippen molar-refractivity contribution in [1.29, 1.82) is 0 Å². The number of hydrogen-bond donors (Lipinski definition) is 3. The summed E-state index contributed by atoms with van der Waals surface area (Å²) in [4.78, 5) is 2.01. The van der Waals surface area contributed by atoms with Crippen LogP contribution in [-0.4, -0.2) is 24.9 Å². The largest absolute Gasteiger partial charge is 0.508 e. The summed E-state index contributed by atoms with van der Waals surface area (Å²) in [7, 11) is 0. The number of phenolic OH excluding ortho intramolecular Hbond substituents is 2. The van der Waals surface area contributed by atoms with Crippen LogP contribution >= 0.6 is 24.0 Å². The predicted molar refractivity (Wildman–Crippen MR) is 126 cm³/mol. The Morgan fingerprint density at radius 3 is 2.39 bits per heavy atom. The van der Waals surface area contributed by atoms with E-state index in [-0.39, 0.29) is 28.6 Å². The Morgan fingerprint density at radius 2 is 1.71 bits per heavy atom. The van der Waals surface area contributed by atoms with Gasteiger partial charge in [-0.25, -0.2) is 4.39 Å². The number of thiocarbonyl (C=S) groups is 1. The molecular formula is C24H22FNO3S2. The summed E-state index contributed by atoms with van der Waals surface area (Å²) >= 11 is 7.22. The average Bonchev–Trinajstić information content (AvgIpc) is 3.09. The number of phenols is 2. The molecule has 160 valence electrons. The maximum Gasteiger partial charge on any atom is 0.141 e. The fourth-order valence-corrected chi connectivity index (χ4v) is 5.73. The second kappa shape index (κ2) is 9.26. The van der Waals surface area contributed by atoms with Crippen LogP contribution in [0.4, 0.5) is 10.1 Å². The molecule has 31 heavy (non-hydrogen) atoms. The zero-order chi connectivity index (χ0) is 22.0. The van der Waals surface area contributed by atoms with E-state index in [0.717, 1.165) is 5.69 Å². The van der Waals surface area contributed by atoms with Crippen LogP contribution in [0.3, 0.4) is 0 Å². The number of aliphatic hydroxyl groups excluding tert-OH is 1. The van der Waals surface area contributed by atoms with Crippen LogP contribution in [0, 0.1) is 5.82 Å². The first-order chi connectivity index (χ1) is 14.9. The molecule has 3 aromatic rings. The summed E-state index contributed by atoms with van der Waals surface area (Å²) in [6, 6.07) is 19.9. The van der Waals surface area contributed by atoms with Gasteiger partial charge in [0.25, 0.3) is 0 Å². The summed E-state index contributed by atoms with van der Waals surface area (Å²) in [6.07, 6.45) is 0.358. The Bertz CT molecular complexity index is 1060. The molecule has 4 nitrogen and oxygen atoms in total. The quantitative estimate of drug-likeness (QED) is 0.415. The number of anilines is 1. The van der Waals surface area contributed by atoms with Gasteiger partial charge in [-0.15, -0.1) is 0 Å². The van der Waals surface area contributed by atoms with Gasteiger partial charge in [0.05, 0.1) is 12.1 Å².